The summed E-state index contributed by atoms with van der Waals surface area (Å²) in [7, 11) is 0. The maximum atomic E-state index is 11.0. The van der Waals surface area contributed by atoms with E-state index in [2.05, 4.69) is 11.5 Å². The van der Waals surface area contributed by atoms with Crippen molar-refractivity contribution < 1.29 is 4.79 Å². The van der Waals surface area contributed by atoms with Crippen molar-refractivity contribution in [1.29, 1.82) is 0 Å². The summed E-state index contributed by atoms with van der Waals surface area (Å²) in [5, 5.41) is 0. The lowest BCUT2D eigenvalue weighted by atomic mass is 10.3. The fourth-order valence-corrected chi connectivity index (χ4v) is 1.56. The molecule has 1 rings (SSSR count). The average Bonchev–Trinajstić information content (AvgIpc) is 2.15. The summed E-state index contributed by atoms with van der Waals surface area (Å²) < 4.78 is 0. The van der Waals surface area contributed by atoms with Gasteiger partial charge in [0.25, 0.3) is 0 Å². The summed E-state index contributed by atoms with van der Waals surface area (Å²) in [5.74, 6) is 0.198. The van der Waals surface area contributed by atoms with Crippen molar-refractivity contribution in [3.63, 3.8) is 0 Å². The molecule has 0 N–H and O–H groups in total. The largest absolute Gasteiger partial charge is 0.340 e. The molecule has 0 aromatic carbocycles. The molecule has 3 heteroatoms. The van der Waals surface area contributed by atoms with Crippen molar-refractivity contribution in [3.05, 3.63) is 12.7 Å². The van der Waals surface area contributed by atoms with Crippen LogP contribution in [0.25, 0.3) is 0 Å². The van der Waals surface area contributed by atoms with Crippen molar-refractivity contribution in [2.45, 2.75) is 13.3 Å². The quantitative estimate of drug-likeness (QED) is 0.601. The Bertz CT molecular complexity index is 183. The Hall–Kier alpha value is -0.830. The summed E-state index contributed by atoms with van der Waals surface area (Å²) in [6.07, 6.45) is 2.98. The number of piperazine rings is 1. The Labute approximate surface area is 80.0 Å². The summed E-state index contributed by atoms with van der Waals surface area (Å²) in [6, 6.07) is 0. The molecule has 0 saturated carbocycles. The van der Waals surface area contributed by atoms with Gasteiger partial charge in [0.05, 0.1) is 0 Å². The molecule has 0 radical (unpaired) electrons. The van der Waals surface area contributed by atoms with Gasteiger partial charge in [-0.15, -0.1) is 6.58 Å². The summed E-state index contributed by atoms with van der Waals surface area (Å²) in [6.45, 7) is 10.2. The Balaban J connectivity index is 2.22. The van der Waals surface area contributed by atoms with E-state index in [0.717, 1.165) is 39.1 Å². The number of rotatable bonds is 3. The van der Waals surface area contributed by atoms with Gasteiger partial charge < -0.3 is 4.90 Å². The van der Waals surface area contributed by atoms with Gasteiger partial charge in [-0.1, -0.05) is 6.08 Å². The van der Waals surface area contributed by atoms with Crippen LogP contribution in [0.3, 0.4) is 0 Å². The molecule has 0 aliphatic carbocycles. The van der Waals surface area contributed by atoms with E-state index >= 15 is 0 Å². The van der Waals surface area contributed by atoms with Crippen LogP contribution in [-0.4, -0.2) is 48.4 Å². The van der Waals surface area contributed by atoms with Crippen LogP contribution in [0.2, 0.25) is 0 Å². The van der Waals surface area contributed by atoms with Crippen LogP contribution in [0, 0.1) is 0 Å². The first kappa shape index (κ1) is 10.3. The highest BCUT2D eigenvalue weighted by Gasteiger charge is 2.17. The minimum atomic E-state index is 0.198. The second-order valence-electron chi connectivity index (χ2n) is 3.43. The first-order chi connectivity index (χ1) is 6.24. The predicted octanol–water partition coefficient (Wildman–Crippen LogP) is 0.727. The summed E-state index contributed by atoms with van der Waals surface area (Å²) in [4.78, 5) is 15.3. The highest BCUT2D eigenvalue weighted by Crippen LogP contribution is 2.02. The van der Waals surface area contributed by atoms with Gasteiger partial charge in [-0.3, -0.25) is 9.69 Å². The summed E-state index contributed by atoms with van der Waals surface area (Å²) >= 11 is 0. The Kier molecular flexibility index (Phi) is 3.96. The van der Waals surface area contributed by atoms with Crippen LogP contribution in [0.15, 0.2) is 12.7 Å². The Morgan fingerprint density at radius 1 is 1.38 bits per heavy atom. The Morgan fingerprint density at radius 3 is 2.46 bits per heavy atom. The molecule has 1 aliphatic rings. The Morgan fingerprint density at radius 2 is 2.00 bits per heavy atom. The lowest BCUT2D eigenvalue weighted by Crippen LogP contribution is -2.48. The number of hydrogen-bond acceptors (Lipinski definition) is 2. The standard InChI is InChI=1S/C10H18N2O/c1-3-4-5-11-6-8-12(9-7-11)10(2)13/h3H,1,4-9H2,2H3. The topological polar surface area (TPSA) is 23.6 Å². The smallest absolute Gasteiger partial charge is 0.219 e. The van der Waals surface area contributed by atoms with E-state index in [0.29, 0.717) is 0 Å². The molecule has 0 spiro atoms. The van der Waals surface area contributed by atoms with Crippen molar-refractivity contribution in [2.75, 3.05) is 32.7 Å². The molecule has 0 aromatic rings. The van der Waals surface area contributed by atoms with Gasteiger partial charge >= 0.3 is 0 Å². The maximum absolute atomic E-state index is 11.0. The fraction of sp³-hybridized carbons (Fsp3) is 0.700. The fourth-order valence-electron chi connectivity index (χ4n) is 1.56. The molecule has 0 aromatic heterocycles. The molecular weight excluding hydrogens is 164 g/mol. The molecule has 0 unspecified atom stereocenters. The molecule has 1 amide bonds. The molecule has 74 valence electrons. The lowest BCUT2D eigenvalue weighted by Gasteiger charge is -2.33. The van der Waals surface area contributed by atoms with E-state index in [1.807, 2.05) is 11.0 Å². The van der Waals surface area contributed by atoms with E-state index in [9.17, 15) is 4.79 Å². The zero-order valence-corrected chi connectivity index (χ0v) is 8.33. The highest BCUT2D eigenvalue weighted by molar-refractivity contribution is 5.73. The van der Waals surface area contributed by atoms with E-state index in [4.69, 9.17) is 0 Å². The number of carbonyl (C=O) groups excluding carboxylic acids is 1. The molecule has 3 nitrogen and oxygen atoms in total. The van der Waals surface area contributed by atoms with Gasteiger partial charge in [0.2, 0.25) is 5.91 Å². The molecule has 1 heterocycles. The van der Waals surface area contributed by atoms with E-state index < -0.39 is 0 Å². The average molecular weight is 182 g/mol. The van der Waals surface area contributed by atoms with Crippen molar-refractivity contribution in [3.8, 4) is 0 Å². The van der Waals surface area contributed by atoms with Crippen molar-refractivity contribution >= 4 is 5.91 Å². The van der Waals surface area contributed by atoms with Crippen molar-refractivity contribution in [1.82, 2.24) is 9.80 Å². The second kappa shape index (κ2) is 5.02. The predicted molar refractivity (Wildman–Crippen MR) is 53.5 cm³/mol. The van der Waals surface area contributed by atoms with Gasteiger partial charge in [0.1, 0.15) is 0 Å². The van der Waals surface area contributed by atoms with E-state index in [1.54, 1.807) is 6.92 Å². The van der Waals surface area contributed by atoms with Gasteiger partial charge in [0.15, 0.2) is 0 Å². The van der Waals surface area contributed by atoms with Crippen LogP contribution in [0.5, 0.6) is 0 Å². The zero-order chi connectivity index (χ0) is 9.68. The third-order valence-corrected chi connectivity index (χ3v) is 2.47. The van der Waals surface area contributed by atoms with Gasteiger partial charge in [0, 0.05) is 39.6 Å². The minimum Gasteiger partial charge on any atom is -0.340 e. The third-order valence-electron chi connectivity index (χ3n) is 2.47. The molecule has 0 bridgehead atoms. The van der Waals surface area contributed by atoms with Crippen molar-refractivity contribution in [2.24, 2.45) is 0 Å². The first-order valence-corrected chi connectivity index (χ1v) is 4.83. The minimum absolute atomic E-state index is 0.198. The normalized spacial score (nSPS) is 18.7. The van der Waals surface area contributed by atoms with Crippen LogP contribution < -0.4 is 0 Å². The molecule has 1 aliphatic heterocycles. The van der Waals surface area contributed by atoms with Crippen LogP contribution in [0.1, 0.15) is 13.3 Å². The highest BCUT2D eigenvalue weighted by atomic mass is 16.2. The van der Waals surface area contributed by atoms with Gasteiger partial charge in [-0.2, -0.15) is 0 Å². The maximum Gasteiger partial charge on any atom is 0.219 e. The zero-order valence-electron chi connectivity index (χ0n) is 8.33. The second-order valence-corrected chi connectivity index (χ2v) is 3.43. The molecular formula is C10H18N2O. The monoisotopic (exact) mass is 182 g/mol. The summed E-state index contributed by atoms with van der Waals surface area (Å²) in [5.41, 5.74) is 0. The molecule has 1 fully saturated rings. The molecule has 0 atom stereocenters. The van der Waals surface area contributed by atoms with E-state index in [1.165, 1.54) is 0 Å². The SMILES string of the molecule is C=CCCN1CCN(C(C)=O)CC1. The van der Waals surface area contributed by atoms with Crippen LogP contribution in [-0.2, 0) is 4.79 Å². The van der Waals surface area contributed by atoms with Gasteiger partial charge in [-0.25, -0.2) is 0 Å². The van der Waals surface area contributed by atoms with Gasteiger partial charge in [-0.05, 0) is 6.42 Å². The molecule has 13 heavy (non-hydrogen) atoms. The van der Waals surface area contributed by atoms with E-state index in [-0.39, 0.29) is 5.91 Å². The number of amides is 1. The first-order valence-electron chi connectivity index (χ1n) is 4.83. The molecule has 1 saturated heterocycles. The number of nitrogens with zero attached hydrogens (tertiary/aromatic N) is 2. The third kappa shape index (κ3) is 3.19. The number of hydrogen-bond donors (Lipinski definition) is 0. The van der Waals surface area contributed by atoms with Crippen LogP contribution >= 0.6 is 0 Å². The number of carbonyl (C=O) groups is 1. The lowest BCUT2D eigenvalue weighted by molar-refractivity contribution is -0.130. The van der Waals surface area contributed by atoms with Crippen LogP contribution in [0.4, 0.5) is 0 Å².